The maximum absolute atomic E-state index is 11.8. The monoisotopic (exact) mass is 255 g/mol. The molecule has 0 aromatic rings. The molecule has 0 saturated carbocycles. The molecule has 7 heteroatoms. The Morgan fingerprint density at radius 3 is 2.67 bits per heavy atom. The van der Waals surface area contributed by atoms with Gasteiger partial charge in [-0.2, -0.15) is 5.10 Å². The molecule has 7 nitrogen and oxygen atoms in total. The van der Waals surface area contributed by atoms with Crippen LogP contribution in [0.3, 0.4) is 0 Å². The number of carboxylic acid groups (broad SMARTS) is 1. The van der Waals surface area contributed by atoms with Gasteiger partial charge in [0.2, 0.25) is 5.91 Å². The zero-order chi connectivity index (χ0) is 13.7. The Bertz CT molecular complexity index is 392. The molecule has 0 spiro atoms. The highest BCUT2D eigenvalue weighted by molar-refractivity contribution is 6.39. The highest BCUT2D eigenvalue weighted by atomic mass is 16.4. The highest BCUT2D eigenvalue weighted by Gasteiger charge is 2.25. The minimum atomic E-state index is -1.06. The molecule has 0 bridgehead atoms. The first-order valence-corrected chi connectivity index (χ1v) is 5.83. The van der Waals surface area contributed by atoms with Crippen molar-refractivity contribution in [1.29, 1.82) is 0 Å². The summed E-state index contributed by atoms with van der Waals surface area (Å²) in [6, 6.07) is -0.909. The fourth-order valence-corrected chi connectivity index (χ4v) is 1.62. The summed E-state index contributed by atoms with van der Waals surface area (Å²) in [5, 5.41) is 16.3. The molecule has 0 saturated heterocycles. The molecule has 0 fully saturated rings. The Labute approximate surface area is 105 Å². The van der Waals surface area contributed by atoms with Crippen LogP contribution >= 0.6 is 0 Å². The van der Waals surface area contributed by atoms with Crippen molar-refractivity contribution in [2.24, 2.45) is 5.10 Å². The third-order valence-electron chi connectivity index (χ3n) is 2.65. The molecule has 100 valence electrons. The number of rotatable bonds is 5. The van der Waals surface area contributed by atoms with E-state index in [1.165, 1.54) is 7.05 Å². The first-order valence-electron chi connectivity index (χ1n) is 5.83. The fraction of sp³-hybridized carbons (Fsp3) is 0.636. The van der Waals surface area contributed by atoms with Gasteiger partial charge in [0.15, 0.2) is 0 Å². The van der Waals surface area contributed by atoms with Gasteiger partial charge in [0.1, 0.15) is 11.8 Å². The summed E-state index contributed by atoms with van der Waals surface area (Å²) in [5.74, 6) is -1.74. The van der Waals surface area contributed by atoms with Crippen LogP contribution in [0.25, 0.3) is 0 Å². The van der Waals surface area contributed by atoms with E-state index < -0.39 is 17.9 Å². The summed E-state index contributed by atoms with van der Waals surface area (Å²) in [4.78, 5) is 33.9. The number of nitrogens with one attached hydrogen (secondary N) is 1. The van der Waals surface area contributed by atoms with Gasteiger partial charge in [-0.3, -0.25) is 9.59 Å². The zero-order valence-corrected chi connectivity index (χ0v) is 10.5. The molecule has 0 aromatic heterocycles. The minimum Gasteiger partial charge on any atom is -0.480 e. The lowest BCUT2D eigenvalue weighted by molar-refractivity contribution is -0.141. The lowest BCUT2D eigenvalue weighted by Gasteiger charge is -2.20. The average Bonchev–Trinajstić information content (AvgIpc) is 2.31. The van der Waals surface area contributed by atoms with Crippen LogP contribution in [0, 0.1) is 0 Å². The number of hydrazone groups is 1. The summed E-state index contributed by atoms with van der Waals surface area (Å²) >= 11 is 0. The molecule has 0 aromatic carbocycles. The van der Waals surface area contributed by atoms with Crippen molar-refractivity contribution in [2.45, 2.75) is 38.6 Å². The number of amides is 2. The van der Waals surface area contributed by atoms with Crippen LogP contribution in [0.15, 0.2) is 5.10 Å². The van der Waals surface area contributed by atoms with Crippen LogP contribution < -0.4 is 5.32 Å². The van der Waals surface area contributed by atoms with Gasteiger partial charge in [-0.05, 0) is 6.42 Å². The maximum atomic E-state index is 11.8. The van der Waals surface area contributed by atoms with E-state index in [2.05, 4.69) is 10.4 Å². The number of carbonyl (C=O) groups is 3. The van der Waals surface area contributed by atoms with Crippen LogP contribution in [-0.2, 0) is 14.4 Å². The predicted octanol–water partition coefficient (Wildman–Crippen LogP) is -0.0359. The van der Waals surface area contributed by atoms with E-state index in [0.29, 0.717) is 12.8 Å². The first-order chi connectivity index (χ1) is 8.45. The summed E-state index contributed by atoms with van der Waals surface area (Å²) in [7, 11) is 1.47. The Kier molecular flexibility index (Phi) is 4.82. The second-order valence-electron chi connectivity index (χ2n) is 4.12. The number of carboxylic acids is 1. The third-order valence-corrected chi connectivity index (χ3v) is 2.65. The van der Waals surface area contributed by atoms with Gasteiger partial charge in [-0.1, -0.05) is 13.3 Å². The summed E-state index contributed by atoms with van der Waals surface area (Å²) in [6.07, 6.45) is 1.48. The van der Waals surface area contributed by atoms with E-state index in [9.17, 15) is 14.4 Å². The van der Waals surface area contributed by atoms with Crippen LogP contribution in [-0.4, -0.2) is 46.7 Å². The largest absolute Gasteiger partial charge is 0.480 e. The molecule has 1 atom stereocenters. The van der Waals surface area contributed by atoms with Gasteiger partial charge < -0.3 is 10.4 Å². The molecule has 1 unspecified atom stereocenters. The molecular formula is C11H17N3O4. The van der Waals surface area contributed by atoms with Gasteiger partial charge in [-0.15, -0.1) is 0 Å². The fourth-order valence-electron chi connectivity index (χ4n) is 1.62. The van der Waals surface area contributed by atoms with Crippen molar-refractivity contribution in [2.75, 3.05) is 7.05 Å². The van der Waals surface area contributed by atoms with Gasteiger partial charge in [0.25, 0.3) is 5.91 Å². The van der Waals surface area contributed by atoms with Gasteiger partial charge in [-0.25, -0.2) is 9.80 Å². The Morgan fingerprint density at radius 2 is 2.17 bits per heavy atom. The number of hydrogen-bond acceptors (Lipinski definition) is 4. The Balaban J connectivity index is 2.67. The van der Waals surface area contributed by atoms with E-state index >= 15 is 0 Å². The SMILES string of the molecule is CCCC(NC(=O)C1=NN(C)C(=O)CC1)C(=O)O. The van der Waals surface area contributed by atoms with Crippen molar-refractivity contribution in [3.05, 3.63) is 0 Å². The van der Waals surface area contributed by atoms with E-state index in [1.54, 1.807) is 0 Å². The van der Waals surface area contributed by atoms with Crippen LogP contribution in [0.1, 0.15) is 32.6 Å². The molecule has 2 amide bonds. The summed E-state index contributed by atoms with van der Waals surface area (Å²) in [5.41, 5.74) is 0.194. The maximum Gasteiger partial charge on any atom is 0.326 e. The van der Waals surface area contributed by atoms with Crippen molar-refractivity contribution in [3.8, 4) is 0 Å². The van der Waals surface area contributed by atoms with Gasteiger partial charge >= 0.3 is 5.97 Å². The predicted molar refractivity (Wildman–Crippen MR) is 63.9 cm³/mol. The van der Waals surface area contributed by atoms with Gasteiger partial charge in [0.05, 0.1) is 0 Å². The molecule has 0 aliphatic carbocycles. The third kappa shape index (κ3) is 3.54. The second-order valence-corrected chi connectivity index (χ2v) is 4.12. The lowest BCUT2D eigenvalue weighted by atomic mass is 10.1. The molecule has 2 N–H and O–H groups in total. The molecule has 18 heavy (non-hydrogen) atoms. The first kappa shape index (κ1) is 14.1. The smallest absolute Gasteiger partial charge is 0.326 e. The average molecular weight is 255 g/mol. The molecule has 1 aliphatic heterocycles. The number of hydrogen-bond donors (Lipinski definition) is 2. The zero-order valence-electron chi connectivity index (χ0n) is 10.5. The van der Waals surface area contributed by atoms with E-state index in [-0.39, 0.29) is 24.5 Å². The number of carbonyl (C=O) groups excluding carboxylic acids is 2. The topological polar surface area (TPSA) is 99.1 Å². The van der Waals surface area contributed by atoms with E-state index in [4.69, 9.17) is 5.11 Å². The van der Waals surface area contributed by atoms with Crippen LogP contribution in [0.4, 0.5) is 0 Å². The number of nitrogens with zero attached hydrogens (tertiary/aromatic N) is 2. The second kappa shape index (κ2) is 6.13. The minimum absolute atomic E-state index is 0.158. The van der Waals surface area contributed by atoms with Crippen LogP contribution in [0.5, 0.6) is 0 Å². The van der Waals surface area contributed by atoms with Crippen molar-refractivity contribution < 1.29 is 19.5 Å². The summed E-state index contributed by atoms with van der Waals surface area (Å²) < 4.78 is 0. The van der Waals surface area contributed by atoms with Crippen molar-refractivity contribution in [3.63, 3.8) is 0 Å². The molecular weight excluding hydrogens is 238 g/mol. The standard InChI is InChI=1S/C11H17N3O4/c1-3-4-8(11(17)18)12-10(16)7-5-6-9(15)14(2)13-7/h8H,3-6H2,1-2H3,(H,12,16)(H,17,18). The normalized spacial score (nSPS) is 17.1. The van der Waals surface area contributed by atoms with Crippen LogP contribution in [0.2, 0.25) is 0 Å². The van der Waals surface area contributed by atoms with E-state index in [1.807, 2.05) is 6.92 Å². The molecule has 1 heterocycles. The quantitative estimate of drug-likeness (QED) is 0.720. The molecule has 1 rings (SSSR count). The Morgan fingerprint density at radius 1 is 1.50 bits per heavy atom. The molecule has 0 radical (unpaired) electrons. The van der Waals surface area contributed by atoms with Crippen molar-refractivity contribution in [1.82, 2.24) is 10.3 Å². The van der Waals surface area contributed by atoms with Gasteiger partial charge in [0, 0.05) is 19.9 Å². The molecule has 1 aliphatic rings. The van der Waals surface area contributed by atoms with Crippen molar-refractivity contribution >= 4 is 23.5 Å². The van der Waals surface area contributed by atoms with E-state index in [0.717, 1.165) is 5.01 Å². The Hall–Kier alpha value is -1.92. The summed E-state index contributed by atoms with van der Waals surface area (Å²) in [6.45, 7) is 1.84. The lowest BCUT2D eigenvalue weighted by Crippen LogP contribution is -2.45. The highest BCUT2D eigenvalue weighted by Crippen LogP contribution is 2.07. The number of aliphatic carboxylic acids is 1.